The molecule has 0 bridgehead atoms. The van der Waals surface area contributed by atoms with Crippen LogP contribution in [0.3, 0.4) is 0 Å². The van der Waals surface area contributed by atoms with Crippen LogP contribution in [0.15, 0.2) is 54.6 Å². The number of methoxy groups -OCH3 is 2. The van der Waals surface area contributed by atoms with Crippen molar-refractivity contribution in [3.8, 4) is 5.75 Å². The van der Waals surface area contributed by atoms with Crippen LogP contribution in [0.25, 0.3) is 0 Å². The molecule has 1 heterocycles. The molecule has 0 aromatic heterocycles. The predicted molar refractivity (Wildman–Crippen MR) is 91.2 cm³/mol. The highest BCUT2D eigenvalue weighted by Crippen LogP contribution is 2.32. The number of nitrogens with zero attached hydrogens (tertiary/aromatic N) is 1. The summed E-state index contributed by atoms with van der Waals surface area (Å²) in [6, 6.07) is 17.6. The summed E-state index contributed by atoms with van der Waals surface area (Å²) in [7, 11) is 3.03. The molecule has 1 aliphatic heterocycles. The summed E-state index contributed by atoms with van der Waals surface area (Å²) in [6.07, 6.45) is -0.600. The van der Waals surface area contributed by atoms with E-state index in [-0.39, 0.29) is 12.0 Å². The lowest BCUT2D eigenvalue weighted by atomic mass is 10.2. The van der Waals surface area contributed by atoms with Crippen molar-refractivity contribution >= 4 is 11.7 Å². The van der Waals surface area contributed by atoms with Crippen LogP contribution in [0.4, 0.5) is 5.69 Å². The van der Waals surface area contributed by atoms with Crippen LogP contribution in [-0.4, -0.2) is 38.9 Å². The molecule has 0 amide bonds. The first-order valence-electron chi connectivity index (χ1n) is 7.87. The zero-order valence-electron chi connectivity index (χ0n) is 13.8. The average molecular weight is 327 g/mol. The molecule has 1 aliphatic rings. The van der Waals surface area contributed by atoms with E-state index in [4.69, 9.17) is 14.2 Å². The number of hydrogen-bond donors (Lipinski definition) is 0. The SMILES string of the molecule is COC(=O)[C@@H](OCc1ccccc1)[C@H]1CN1c1ccc(OC)cc1. The van der Waals surface area contributed by atoms with Gasteiger partial charge >= 0.3 is 5.97 Å². The maximum Gasteiger partial charge on any atom is 0.337 e. The molecule has 5 heteroatoms. The summed E-state index contributed by atoms with van der Waals surface area (Å²) < 4.78 is 15.9. The van der Waals surface area contributed by atoms with Crippen LogP contribution >= 0.6 is 0 Å². The third-order valence-corrected chi connectivity index (χ3v) is 4.11. The molecule has 3 rings (SSSR count). The number of anilines is 1. The van der Waals surface area contributed by atoms with Gasteiger partial charge in [0.05, 0.1) is 26.9 Å². The molecule has 0 aliphatic carbocycles. The molecule has 0 unspecified atom stereocenters. The molecular formula is C19H21NO4. The van der Waals surface area contributed by atoms with Gasteiger partial charge in [0.2, 0.25) is 0 Å². The van der Waals surface area contributed by atoms with Gasteiger partial charge in [0.15, 0.2) is 6.10 Å². The molecule has 24 heavy (non-hydrogen) atoms. The minimum Gasteiger partial charge on any atom is -0.497 e. The number of rotatable bonds is 7. The maximum absolute atomic E-state index is 12.1. The normalized spacial score (nSPS) is 17.2. The first-order chi connectivity index (χ1) is 11.7. The molecule has 2 aromatic rings. The monoisotopic (exact) mass is 327 g/mol. The van der Waals surface area contributed by atoms with E-state index in [0.717, 1.165) is 23.5 Å². The van der Waals surface area contributed by atoms with Crippen molar-refractivity contribution in [1.29, 1.82) is 0 Å². The lowest BCUT2D eigenvalue weighted by Crippen LogP contribution is -2.33. The van der Waals surface area contributed by atoms with Crippen molar-refractivity contribution in [2.45, 2.75) is 18.8 Å². The molecule has 2 atom stereocenters. The van der Waals surface area contributed by atoms with Crippen LogP contribution in [0.1, 0.15) is 5.56 Å². The molecule has 5 nitrogen and oxygen atoms in total. The summed E-state index contributed by atoms with van der Waals surface area (Å²) >= 11 is 0. The lowest BCUT2D eigenvalue weighted by Gasteiger charge is -2.16. The Morgan fingerprint density at radius 2 is 1.83 bits per heavy atom. The molecule has 126 valence electrons. The van der Waals surface area contributed by atoms with E-state index >= 15 is 0 Å². The van der Waals surface area contributed by atoms with E-state index in [1.54, 1.807) is 7.11 Å². The van der Waals surface area contributed by atoms with Gasteiger partial charge < -0.3 is 19.1 Å². The van der Waals surface area contributed by atoms with E-state index in [1.807, 2.05) is 54.6 Å². The van der Waals surface area contributed by atoms with Crippen LogP contribution in [0.2, 0.25) is 0 Å². The Labute approximate surface area is 141 Å². The van der Waals surface area contributed by atoms with Crippen LogP contribution in [-0.2, 0) is 20.9 Å². The second kappa shape index (κ2) is 7.36. The molecule has 2 aromatic carbocycles. The Hall–Kier alpha value is -2.53. The fraction of sp³-hybridized carbons (Fsp3) is 0.316. The summed E-state index contributed by atoms with van der Waals surface area (Å²) in [4.78, 5) is 14.2. The standard InChI is InChI=1S/C19H21NO4/c1-22-16-10-8-15(9-11-16)20-12-17(20)18(19(21)23-2)24-13-14-6-4-3-5-7-14/h3-11,17-18H,12-13H2,1-2H3/t17-,18+,20?/m1/s1. The van der Waals surface area contributed by atoms with Crippen molar-refractivity contribution in [3.05, 3.63) is 60.2 Å². The van der Waals surface area contributed by atoms with Gasteiger partial charge in [-0.3, -0.25) is 0 Å². The number of hydrogen-bond acceptors (Lipinski definition) is 5. The molecule has 0 radical (unpaired) electrons. The highest BCUT2D eigenvalue weighted by atomic mass is 16.6. The Morgan fingerprint density at radius 3 is 2.46 bits per heavy atom. The van der Waals surface area contributed by atoms with E-state index in [2.05, 4.69) is 4.90 Å². The van der Waals surface area contributed by atoms with Gasteiger partial charge in [-0.2, -0.15) is 0 Å². The average Bonchev–Trinajstić information content (AvgIpc) is 3.43. The molecule has 0 spiro atoms. The van der Waals surface area contributed by atoms with E-state index in [9.17, 15) is 4.79 Å². The quantitative estimate of drug-likeness (QED) is 0.578. The Kier molecular flexibility index (Phi) is 5.01. The zero-order chi connectivity index (χ0) is 16.9. The molecule has 1 fully saturated rings. The van der Waals surface area contributed by atoms with Crippen LogP contribution < -0.4 is 9.64 Å². The molecule has 0 saturated carbocycles. The van der Waals surface area contributed by atoms with Gasteiger partial charge in [0, 0.05) is 12.2 Å². The first-order valence-corrected chi connectivity index (χ1v) is 7.87. The number of carbonyl (C=O) groups excluding carboxylic acids is 1. The summed E-state index contributed by atoms with van der Waals surface area (Å²) in [5, 5.41) is 0. The molecule has 0 N–H and O–H groups in total. The first kappa shape index (κ1) is 16.3. The molecule has 1 saturated heterocycles. The maximum atomic E-state index is 12.1. The number of carbonyl (C=O) groups is 1. The van der Waals surface area contributed by atoms with Crippen molar-refractivity contribution in [1.82, 2.24) is 0 Å². The topological polar surface area (TPSA) is 47.8 Å². The van der Waals surface area contributed by atoms with E-state index in [1.165, 1.54) is 7.11 Å². The van der Waals surface area contributed by atoms with E-state index < -0.39 is 6.10 Å². The van der Waals surface area contributed by atoms with Gasteiger partial charge in [-0.25, -0.2) is 4.79 Å². The Balaban J connectivity index is 1.65. The van der Waals surface area contributed by atoms with Gasteiger partial charge in [0.25, 0.3) is 0 Å². The highest BCUT2D eigenvalue weighted by molar-refractivity contribution is 5.78. The minimum atomic E-state index is -0.600. The van der Waals surface area contributed by atoms with Gasteiger partial charge in [-0.05, 0) is 29.8 Å². The number of ether oxygens (including phenoxy) is 3. The molecular weight excluding hydrogens is 306 g/mol. The zero-order valence-corrected chi connectivity index (χ0v) is 13.8. The summed E-state index contributed by atoms with van der Waals surface area (Å²) in [6.45, 7) is 1.15. The third kappa shape index (κ3) is 3.68. The van der Waals surface area contributed by atoms with Crippen LogP contribution in [0.5, 0.6) is 5.75 Å². The second-order valence-corrected chi connectivity index (χ2v) is 5.66. The predicted octanol–water partition coefficient (Wildman–Crippen LogP) is 2.64. The van der Waals surface area contributed by atoms with Gasteiger partial charge in [-0.1, -0.05) is 30.3 Å². The highest BCUT2D eigenvalue weighted by Gasteiger charge is 2.45. The largest absolute Gasteiger partial charge is 0.497 e. The summed E-state index contributed by atoms with van der Waals surface area (Å²) in [5.41, 5.74) is 2.07. The van der Waals surface area contributed by atoms with E-state index in [0.29, 0.717) is 6.61 Å². The fourth-order valence-electron chi connectivity index (χ4n) is 2.70. The second-order valence-electron chi connectivity index (χ2n) is 5.66. The Bertz CT molecular complexity index is 672. The van der Waals surface area contributed by atoms with Crippen LogP contribution in [0, 0.1) is 0 Å². The van der Waals surface area contributed by atoms with Gasteiger partial charge in [-0.15, -0.1) is 0 Å². The Morgan fingerprint density at radius 1 is 1.12 bits per heavy atom. The number of esters is 1. The third-order valence-electron chi connectivity index (χ3n) is 4.11. The minimum absolute atomic E-state index is 0.00504. The van der Waals surface area contributed by atoms with Crippen molar-refractivity contribution < 1.29 is 19.0 Å². The fourth-order valence-corrected chi connectivity index (χ4v) is 2.70. The number of benzene rings is 2. The van der Waals surface area contributed by atoms with Crippen molar-refractivity contribution in [2.24, 2.45) is 0 Å². The van der Waals surface area contributed by atoms with Crippen molar-refractivity contribution in [3.63, 3.8) is 0 Å². The van der Waals surface area contributed by atoms with Crippen molar-refractivity contribution in [2.75, 3.05) is 25.7 Å². The smallest absolute Gasteiger partial charge is 0.337 e. The van der Waals surface area contributed by atoms with Gasteiger partial charge in [0.1, 0.15) is 5.75 Å². The summed E-state index contributed by atoms with van der Waals surface area (Å²) in [5.74, 6) is 0.467. The lowest BCUT2D eigenvalue weighted by molar-refractivity contribution is -0.154.